The zero-order valence-electron chi connectivity index (χ0n) is 23.4. The maximum absolute atomic E-state index is 14.0. The molecule has 0 aliphatic rings. The van der Waals surface area contributed by atoms with Gasteiger partial charge in [0.25, 0.3) is 10.0 Å². The molecule has 0 aromatic heterocycles. The van der Waals surface area contributed by atoms with Crippen LogP contribution < -0.4 is 14.4 Å². The van der Waals surface area contributed by atoms with E-state index in [0.29, 0.717) is 28.6 Å². The number of methoxy groups -OCH3 is 1. The molecule has 10 heteroatoms. The van der Waals surface area contributed by atoms with E-state index in [0.717, 1.165) is 9.87 Å². The van der Waals surface area contributed by atoms with Gasteiger partial charge in [0.1, 0.15) is 18.3 Å². The van der Waals surface area contributed by atoms with Crippen LogP contribution >= 0.6 is 11.6 Å². The van der Waals surface area contributed by atoms with Crippen LogP contribution in [0, 0.1) is 12.8 Å². The molecule has 0 heterocycles. The number of nitrogens with zero attached hydrogens (tertiary/aromatic N) is 2. The van der Waals surface area contributed by atoms with E-state index in [1.54, 1.807) is 63.4 Å². The summed E-state index contributed by atoms with van der Waals surface area (Å²) in [4.78, 5) is 28.5. The van der Waals surface area contributed by atoms with Crippen molar-refractivity contribution in [3.05, 3.63) is 88.9 Å². The fourth-order valence-corrected chi connectivity index (χ4v) is 5.70. The standard InChI is InChI=1S/C30H36ClN3O5S/c1-21(2)18-32-30(36)23(4)33(19-24-10-8-11-26(17-24)39-5)29(35)20-34(28-12-7-6-9-22(28)3)40(37,38)27-15-13-25(31)14-16-27/h6-17,21,23H,18-20H2,1-5H3,(H,32,36)/t23-/m1/s1. The van der Waals surface area contributed by atoms with Crippen LogP contribution in [0.4, 0.5) is 5.69 Å². The van der Waals surface area contributed by atoms with Gasteiger partial charge in [0, 0.05) is 18.1 Å². The number of benzene rings is 3. The first-order valence-electron chi connectivity index (χ1n) is 13.0. The minimum atomic E-state index is -4.17. The highest BCUT2D eigenvalue weighted by Crippen LogP contribution is 2.28. The normalized spacial score (nSPS) is 12.1. The summed E-state index contributed by atoms with van der Waals surface area (Å²) in [5.74, 6) is -0.0304. The fourth-order valence-electron chi connectivity index (χ4n) is 4.09. The van der Waals surface area contributed by atoms with Crippen LogP contribution in [0.15, 0.2) is 77.7 Å². The van der Waals surface area contributed by atoms with E-state index in [2.05, 4.69) is 5.32 Å². The molecule has 1 atom stereocenters. The third kappa shape index (κ3) is 7.76. The quantitative estimate of drug-likeness (QED) is 0.321. The SMILES string of the molecule is COc1cccc(CN(C(=O)CN(c2ccccc2C)S(=O)(=O)c2ccc(Cl)cc2)[C@H](C)C(=O)NCC(C)C)c1. The highest BCUT2D eigenvalue weighted by atomic mass is 35.5. The van der Waals surface area contributed by atoms with Gasteiger partial charge in [-0.15, -0.1) is 0 Å². The van der Waals surface area contributed by atoms with E-state index in [-0.39, 0.29) is 23.3 Å². The molecule has 0 saturated carbocycles. The van der Waals surface area contributed by atoms with Crippen molar-refractivity contribution in [3.8, 4) is 5.75 Å². The van der Waals surface area contributed by atoms with Crippen molar-refractivity contribution < 1.29 is 22.7 Å². The fraction of sp³-hybridized carbons (Fsp3) is 0.333. The van der Waals surface area contributed by atoms with Crippen LogP contribution in [-0.4, -0.2) is 51.4 Å². The van der Waals surface area contributed by atoms with Gasteiger partial charge < -0.3 is 15.0 Å². The van der Waals surface area contributed by atoms with Gasteiger partial charge in [-0.25, -0.2) is 8.42 Å². The topological polar surface area (TPSA) is 96.0 Å². The molecule has 0 spiro atoms. The molecule has 2 amide bonds. The van der Waals surface area contributed by atoms with E-state index < -0.39 is 28.5 Å². The van der Waals surface area contributed by atoms with Crippen molar-refractivity contribution in [1.29, 1.82) is 0 Å². The second-order valence-corrected chi connectivity index (χ2v) is 12.2. The molecule has 40 heavy (non-hydrogen) atoms. The second kappa shape index (κ2) is 13.7. The third-order valence-electron chi connectivity index (χ3n) is 6.40. The molecule has 0 radical (unpaired) electrons. The predicted molar refractivity (Wildman–Crippen MR) is 158 cm³/mol. The molecule has 0 saturated heterocycles. The average molecular weight is 586 g/mol. The van der Waals surface area contributed by atoms with Gasteiger partial charge in [0.05, 0.1) is 17.7 Å². The summed E-state index contributed by atoms with van der Waals surface area (Å²) in [6.45, 7) is 7.39. The number of carbonyl (C=O) groups excluding carboxylic acids is 2. The van der Waals surface area contributed by atoms with Crippen LogP contribution in [0.5, 0.6) is 5.75 Å². The number of carbonyl (C=O) groups is 2. The molecular formula is C30H36ClN3O5S. The molecule has 3 rings (SSSR count). The molecule has 0 fully saturated rings. The summed E-state index contributed by atoms with van der Waals surface area (Å²) >= 11 is 6.00. The largest absolute Gasteiger partial charge is 0.497 e. The van der Waals surface area contributed by atoms with E-state index in [4.69, 9.17) is 16.3 Å². The first-order valence-corrected chi connectivity index (χ1v) is 14.8. The first-order chi connectivity index (χ1) is 18.9. The van der Waals surface area contributed by atoms with Crippen molar-refractivity contribution in [3.63, 3.8) is 0 Å². The number of para-hydroxylation sites is 1. The van der Waals surface area contributed by atoms with Gasteiger partial charge in [-0.05, 0) is 73.4 Å². The Morgan fingerprint density at radius 2 is 1.65 bits per heavy atom. The lowest BCUT2D eigenvalue weighted by atomic mass is 10.1. The first kappa shape index (κ1) is 31.0. The lowest BCUT2D eigenvalue weighted by Crippen LogP contribution is -2.51. The minimum absolute atomic E-state index is 0.00461. The van der Waals surface area contributed by atoms with Gasteiger partial charge in [0.15, 0.2) is 0 Å². The van der Waals surface area contributed by atoms with Gasteiger partial charge in [-0.1, -0.05) is 55.8 Å². The second-order valence-electron chi connectivity index (χ2n) is 9.94. The van der Waals surface area contributed by atoms with Crippen molar-refractivity contribution in [2.75, 3.05) is 24.5 Å². The average Bonchev–Trinajstić information content (AvgIpc) is 2.93. The Kier molecular flexibility index (Phi) is 10.6. The molecule has 3 aromatic carbocycles. The van der Waals surface area contributed by atoms with Crippen LogP contribution in [-0.2, 0) is 26.2 Å². The molecule has 3 aromatic rings. The number of halogens is 1. The number of rotatable bonds is 12. The van der Waals surface area contributed by atoms with Crippen molar-refractivity contribution >= 4 is 39.1 Å². The van der Waals surface area contributed by atoms with Crippen molar-refractivity contribution in [2.24, 2.45) is 5.92 Å². The minimum Gasteiger partial charge on any atom is -0.497 e. The summed E-state index contributed by atoms with van der Waals surface area (Å²) < 4.78 is 34.2. The molecule has 0 bridgehead atoms. The van der Waals surface area contributed by atoms with Crippen LogP contribution in [0.2, 0.25) is 5.02 Å². The number of hydrogen-bond donors (Lipinski definition) is 1. The number of anilines is 1. The van der Waals surface area contributed by atoms with Crippen LogP contribution in [0.25, 0.3) is 0 Å². The molecule has 1 N–H and O–H groups in total. The summed E-state index contributed by atoms with van der Waals surface area (Å²) in [6.07, 6.45) is 0. The molecule has 8 nitrogen and oxygen atoms in total. The molecular weight excluding hydrogens is 550 g/mol. The highest BCUT2D eigenvalue weighted by Gasteiger charge is 2.33. The zero-order valence-corrected chi connectivity index (χ0v) is 25.0. The van der Waals surface area contributed by atoms with E-state index in [9.17, 15) is 18.0 Å². The van der Waals surface area contributed by atoms with Crippen LogP contribution in [0.1, 0.15) is 31.9 Å². The molecule has 0 unspecified atom stereocenters. The number of ether oxygens (including phenoxy) is 1. The van der Waals surface area contributed by atoms with Gasteiger partial charge in [-0.2, -0.15) is 0 Å². The maximum Gasteiger partial charge on any atom is 0.264 e. The summed E-state index contributed by atoms with van der Waals surface area (Å²) in [6, 6.07) is 19.1. The van der Waals surface area contributed by atoms with E-state index in [1.807, 2.05) is 19.9 Å². The molecule has 0 aliphatic carbocycles. The third-order valence-corrected chi connectivity index (χ3v) is 8.43. The maximum atomic E-state index is 14.0. The predicted octanol–water partition coefficient (Wildman–Crippen LogP) is 5.04. The van der Waals surface area contributed by atoms with Gasteiger partial charge in [-0.3, -0.25) is 13.9 Å². The van der Waals surface area contributed by atoms with Gasteiger partial charge in [0.2, 0.25) is 11.8 Å². The monoisotopic (exact) mass is 585 g/mol. The van der Waals surface area contributed by atoms with E-state index >= 15 is 0 Å². The number of amides is 2. The Labute approximate surface area is 241 Å². The van der Waals surface area contributed by atoms with E-state index in [1.165, 1.54) is 29.2 Å². The number of sulfonamides is 1. The van der Waals surface area contributed by atoms with Gasteiger partial charge >= 0.3 is 0 Å². The Hall–Kier alpha value is -3.56. The number of aryl methyl sites for hydroxylation is 1. The number of hydrogen-bond acceptors (Lipinski definition) is 5. The Morgan fingerprint density at radius 1 is 0.975 bits per heavy atom. The zero-order chi connectivity index (χ0) is 29.4. The Bertz CT molecular complexity index is 1430. The highest BCUT2D eigenvalue weighted by molar-refractivity contribution is 7.92. The summed E-state index contributed by atoms with van der Waals surface area (Å²) in [7, 11) is -2.62. The smallest absolute Gasteiger partial charge is 0.264 e. The van der Waals surface area contributed by atoms with Crippen LogP contribution in [0.3, 0.4) is 0 Å². The Morgan fingerprint density at radius 3 is 2.27 bits per heavy atom. The van der Waals surface area contributed by atoms with Crippen molar-refractivity contribution in [2.45, 2.75) is 45.2 Å². The molecule has 214 valence electrons. The Balaban J connectivity index is 2.03. The summed E-state index contributed by atoms with van der Waals surface area (Å²) in [5.41, 5.74) is 1.78. The molecule has 0 aliphatic heterocycles. The summed E-state index contributed by atoms with van der Waals surface area (Å²) in [5, 5.41) is 3.27. The number of nitrogens with one attached hydrogen (secondary N) is 1. The van der Waals surface area contributed by atoms with Crippen molar-refractivity contribution in [1.82, 2.24) is 10.2 Å². The lowest BCUT2D eigenvalue weighted by Gasteiger charge is -2.32. The lowest BCUT2D eigenvalue weighted by molar-refractivity contribution is -0.139.